The molecule has 0 atom stereocenters. The van der Waals surface area contributed by atoms with Crippen molar-refractivity contribution >= 4 is 11.8 Å². The fourth-order valence-electron chi connectivity index (χ4n) is 3.63. The number of nitrogens with zero attached hydrogens (tertiary/aromatic N) is 3. The molecule has 6 nitrogen and oxygen atoms in total. The Morgan fingerprint density at radius 3 is 2.66 bits per heavy atom. The second-order valence-corrected chi connectivity index (χ2v) is 7.65. The first-order valence-electron chi connectivity index (χ1n) is 10.4. The average molecular weight is 396 g/mol. The number of ether oxygens (including phenoxy) is 1. The van der Waals surface area contributed by atoms with E-state index in [2.05, 4.69) is 69.7 Å². The van der Waals surface area contributed by atoms with Gasteiger partial charge in [-0.25, -0.2) is 4.98 Å². The van der Waals surface area contributed by atoms with E-state index >= 15 is 0 Å². The van der Waals surface area contributed by atoms with Gasteiger partial charge < -0.3 is 20.3 Å². The van der Waals surface area contributed by atoms with E-state index in [1.54, 1.807) is 7.11 Å². The number of guanidine groups is 1. The number of aliphatic imine (C=N–C) groups is 1. The van der Waals surface area contributed by atoms with Crippen LogP contribution in [0.5, 0.6) is 5.75 Å². The molecular formula is C23H33N5O. The number of aryl methyl sites for hydroxylation is 2. The van der Waals surface area contributed by atoms with Gasteiger partial charge in [-0.1, -0.05) is 18.2 Å². The first-order chi connectivity index (χ1) is 14.1. The summed E-state index contributed by atoms with van der Waals surface area (Å²) in [5.74, 6) is 2.89. The van der Waals surface area contributed by atoms with Gasteiger partial charge in [0, 0.05) is 38.9 Å². The third-order valence-corrected chi connectivity index (χ3v) is 5.46. The standard InChI is InChI=1S/C23H33N5O/c1-17-5-8-22(26-16-17)28-13-10-20(11-14-28)27-23(24-3)25-12-9-19-7-6-18(2)21(15-19)29-4/h5-8,15-16,20H,9-14H2,1-4H3,(H2,24,25,27). The van der Waals surface area contributed by atoms with Crippen LogP contribution in [-0.4, -0.2) is 50.8 Å². The van der Waals surface area contributed by atoms with Crippen LogP contribution in [0.2, 0.25) is 0 Å². The maximum Gasteiger partial charge on any atom is 0.191 e. The minimum Gasteiger partial charge on any atom is -0.496 e. The molecular weight excluding hydrogens is 362 g/mol. The lowest BCUT2D eigenvalue weighted by Gasteiger charge is -2.33. The number of benzene rings is 1. The topological polar surface area (TPSA) is 61.8 Å². The van der Waals surface area contributed by atoms with E-state index in [0.717, 1.165) is 62.0 Å². The highest BCUT2D eigenvalue weighted by atomic mass is 16.5. The van der Waals surface area contributed by atoms with Gasteiger partial charge in [-0.3, -0.25) is 4.99 Å². The normalized spacial score (nSPS) is 15.3. The first-order valence-corrected chi connectivity index (χ1v) is 10.4. The van der Waals surface area contributed by atoms with Gasteiger partial charge in [0.1, 0.15) is 11.6 Å². The number of piperidine rings is 1. The Bertz CT molecular complexity index is 811. The zero-order valence-corrected chi connectivity index (χ0v) is 18.0. The molecule has 0 bridgehead atoms. The van der Waals surface area contributed by atoms with Crippen LogP contribution in [0.3, 0.4) is 0 Å². The zero-order chi connectivity index (χ0) is 20.6. The van der Waals surface area contributed by atoms with Crippen molar-refractivity contribution in [2.24, 2.45) is 4.99 Å². The Morgan fingerprint density at radius 1 is 1.21 bits per heavy atom. The molecule has 29 heavy (non-hydrogen) atoms. The predicted molar refractivity (Wildman–Crippen MR) is 120 cm³/mol. The zero-order valence-electron chi connectivity index (χ0n) is 18.0. The number of anilines is 1. The van der Waals surface area contributed by atoms with Gasteiger partial charge >= 0.3 is 0 Å². The van der Waals surface area contributed by atoms with E-state index in [9.17, 15) is 0 Å². The number of rotatable bonds is 6. The second kappa shape index (κ2) is 10.1. The molecule has 0 unspecified atom stereocenters. The molecule has 2 aromatic rings. The summed E-state index contributed by atoms with van der Waals surface area (Å²) in [7, 11) is 3.55. The van der Waals surface area contributed by atoms with Crippen LogP contribution in [0.1, 0.15) is 29.5 Å². The molecule has 0 spiro atoms. The van der Waals surface area contributed by atoms with E-state index in [4.69, 9.17) is 4.74 Å². The van der Waals surface area contributed by atoms with Crippen molar-refractivity contribution in [3.05, 3.63) is 53.2 Å². The summed E-state index contributed by atoms with van der Waals surface area (Å²) in [4.78, 5) is 11.3. The maximum atomic E-state index is 5.42. The monoisotopic (exact) mass is 395 g/mol. The van der Waals surface area contributed by atoms with Crippen molar-refractivity contribution in [2.75, 3.05) is 38.7 Å². The highest BCUT2D eigenvalue weighted by Gasteiger charge is 2.20. The minimum atomic E-state index is 0.433. The largest absolute Gasteiger partial charge is 0.496 e. The van der Waals surface area contributed by atoms with E-state index in [1.165, 1.54) is 11.1 Å². The van der Waals surface area contributed by atoms with Crippen LogP contribution in [-0.2, 0) is 6.42 Å². The Hall–Kier alpha value is -2.76. The Balaban J connectivity index is 1.43. The summed E-state index contributed by atoms with van der Waals surface area (Å²) in [6.07, 6.45) is 5.01. The molecule has 1 aliphatic rings. The van der Waals surface area contributed by atoms with Crippen molar-refractivity contribution in [1.82, 2.24) is 15.6 Å². The molecule has 2 heterocycles. The maximum absolute atomic E-state index is 5.42. The van der Waals surface area contributed by atoms with E-state index in [-0.39, 0.29) is 0 Å². The molecule has 0 radical (unpaired) electrons. The summed E-state index contributed by atoms with van der Waals surface area (Å²) in [5.41, 5.74) is 3.62. The Morgan fingerprint density at radius 2 is 2.00 bits per heavy atom. The second-order valence-electron chi connectivity index (χ2n) is 7.65. The Kier molecular flexibility index (Phi) is 7.33. The quantitative estimate of drug-likeness (QED) is 0.581. The van der Waals surface area contributed by atoms with E-state index in [0.29, 0.717) is 6.04 Å². The molecule has 1 saturated heterocycles. The van der Waals surface area contributed by atoms with Crippen LogP contribution in [0.25, 0.3) is 0 Å². The van der Waals surface area contributed by atoms with E-state index in [1.807, 2.05) is 13.2 Å². The van der Waals surface area contributed by atoms with Crippen molar-refractivity contribution in [2.45, 2.75) is 39.2 Å². The molecule has 1 aromatic heterocycles. The van der Waals surface area contributed by atoms with Crippen LogP contribution < -0.4 is 20.3 Å². The van der Waals surface area contributed by atoms with Crippen LogP contribution in [0, 0.1) is 13.8 Å². The fraction of sp³-hybridized carbons (Fsp3) is 0.478. The smallest absolute Gasteiger partial charge is 0.191 e. The van der Waals surface area contributed by atoms with Crippen molar-refractivity contribution in [3.63, 3.8) is 0 Å². The number of methoxy groups -OCH3 is 1. The highest BCUT2D eigenvalue weighted by Crippen LogP contribution is 2.19. The summed E-state index contributed by atoms with van der Waals surface area (Å²) in [6.45, 7) is 6.98. The molecule has 0 aliphatic carbocycles. The lowest BCUT2D eigenvalue weighted by Crippen LogP contribution is -2.49. The third-order valence-electron chi connectivity index (χ3n) is 5.46. The van der Waals surface area contributed by atoms with Gasteiger partial charge in [0.15, 0.2) is 5.96 Å². The molecule has 6 heteroatoms. The number of nitrogens with one attached hydrogen (secondary N) is 2. The van der Waals surface area contributed by atoms with Crippen LogP contribution >= 0.6 is 0 Å². The van der Waals surface area contributed by atoms with Gasteiger partial charge in [0.2, 0.25) is 0 Å². The summed E-state index contributed by atoms with van der Waals surface area (Å²) in [6, 6.07) is 11.1. The lowest BCUT2D eigenvalue weighted by atomic mass is 10.1. The lowest BCUT2D eigenvalue weighted by molar-refractivity contribution is 0.411. The molecule has 3 rings (SSSR count). The molecule has 1 aromatic carbocycles. The van der Waals surface area contributed by atoms with Crippen molar-refractivity contribution < 1.29 is 4.74 Å². The molecule has 1 fully saturated rings. The first kappa shape index (κ1) is 21.0. The molecule has 0 amide bonds. The van der Waals surface area contributed by atoms with Gasteiger partial charge in [-0.2, -0.15) is 0 Å². The van der Waals surface area contributed by atoms with Crippen LogP contribution in [0.4, 0.5) is 5.82 Å². The summed E-state index contributed by atoms with van der Waals surface area (Å²) >= 11 is 0. The fourth-order valence-corrected chi connectivity index (χ4v) is 3.63. The van der Waals surface area contributed by atoms with Crippen molar-refractivity contribution in [1.29, 1.82) is 0 Å². The van der Waals surface area contributed by atoms with Gasteiger partial charge in [0.05, 0.1) is 7.11 Å². The Labute approximate surface area is 174 Å². The van der Waals surface area contributed by atoms with Crippen LogP contribution in [0.15, 0.2) is 41.5 Å². The number of hydrogen-bond acceptors (Lipinski definition) is 4. The van der Waals surface area contributed by atoms with Gasteiger partial charge in [-0.15, -0.1) is 0 Å². The van der Waals surface area contributed by atoms with Gasteiger partial charge in [-0.05, 0) is 61.9 Å². The summed E-state index contributed by atoms with van der Waals surface area (Å²) < 4.78 is 5.42. The third kappa shape index (κ3) is 5.86. The number of hydrogen-bond donors (Lipinski definition) is 2. The molecule has 2 N–H and O–H groups in total. The van der Waals surface area contributed by atoms with Crippen molar-refractivity contribution in [3.8, 4) is 5.75 Å². The average Bonchev–Trinajstić information content (AvgIpc) is 2.75. The number of pyridine rings is 1. The van der Waals surface area contributed by atoms with Gasteiger partial charge in [0.25, 0.3) is 0 Å². The number of aromatic nitrogens is 1. The summed E-state index contributed by atoms with van der Waals surface area (Å²) in [5, 5.41) is 7.01. The SMILES string of the molecule is CN=C(NCCc1ccc(C)c(OC)c1)NC1CCN(c2ccc(C)cn2)CC1. The molecule has 0 saturated carbocycles. The predicted octanol–water partition coefficient (Wildman–Crippen LogP) is 3.08. The molecule has 156 valence electrons. The van der Waals surface area contributed by atoms with E-state index < -0.39 is 0 Å². The minimum absolute atomic E-state index is 0.433. The highest BCUT2D eigenvalue weighted by molar-refractivity contribution is 5.80. The molecule has 1 aliphatic heterocycles.